The van der Waals surface area contributed by atoms with E-state index in [1.807, 2.05) is 6.92 Å². The minimum atomic E-state index is -0.478. The molecule has 0 fully saturated rings. The molecule has 0 bridgehead atoms. The summed E-state index contributed by atoms with van der Waals surface area (Å²) in [5, 5.41) is 0. The van der Waals surface area contributed by atoms with Gasteiger partial charge in [0.1, 0.15) is 5.82 Å². The van der Waals surface area contributed by atoms with Crippen LogP contribution in [0.4, 0.5) is 4.39 Å². The van der Waals surface area contributed by atoms with Crippen LogP contribution in [-0.4, -0.2) is 26.9 Å². The van der Waals surface area contributed by atoms with Crippen molar-refractivity contribution in [2.75, 3.05) is 6.61 Å². The molecule has 4 rings (SSSR count). The first-order chi connectivity index (χ1) is 12.1. The fourth-order valence-corrected chi connectivity index (χ4v) is 3.25. The molecule has 2 aromatic carbocycles. The smallest absolute Gasteiger partial charge is 0.405 e. The van der Waals surface area contributed by atoms with Crippen LogP contribution in [0.25, 0.3) is 0 Å². The number of fused-ring (bicyclic) bond motifs is 2. The van der Waals surface area contributed by atoms with Crippen molar-refractivity contribution in [2.45, 2.75) is 33.2 Å². The molecule has 0 radical (unpaired) electrons. The van der Waals surface area contributed by atoms with Gasteiger partial charge in [-0.1, -0.05) is 29.8 Å². The fraction of sp³-hybridized carbons (Fsp3) is 0.333. The monoisotopic (exact) mass is 340 g/mol. The van der Waals surface area contributed by atoms with Gasteiger partial charge in [0.15, 0.2) is 0 Å². The molecule has 0 saturated carbocycles. The molecule has 1 unspecified atom stereocenters. The Labute approximate surface area is 147 Å². The Morgan fingerprint density at radius 1 is 1.04 bits per heavy atom. The maximum Gasteiger partial charge on any atom is 0.494 e. The Hall–Kier alpha value is -1.66. The summed E-state index contributed by atoms with van der Waals surface area (Å²) in [5.41, 5.74) is 5.19. The van der Waals surface area contributed by atoms with Gasteiger partial charge in [-0.15, -0.1) is 0 Å². The number of aryl methyl sites for hydroxylation is 1. The number of hydrogen-bond donors (Lipinski definition) is 0. The second kappa shape index (κ2) is 6.92. The van der Waals surface area contributed by atoms with E-state index in [1.165, 1.54) is 23.3 Å². The Bertz CT molecular complexity index is 786. The Morgan fingerprint density at radius 2 is 1.72 bits per heavy atom. The van der Waals surface area contributed by atoms with Crippen LogP contribution in [0.2, 0.25) is 0 Å². The van der Waals surface area contributed by atoms with Crippen LogP contribution in [0.1, 0.15) is 23.6 Å². The molecule has 0 aliphatic carbocycles. The van der Waals surface area contributed by atoms with Crippen LogP contribution in [0.5, 0.6) is 0 Å². The average molecular weight is 340 g/mol. The molecule has 0 amide bonds. The summed E-state index contributed by atoms with van der Waals surface area (Å²) >= 11 is 0. The first kappa shape index (κ1) is 16.8. The predicted molar refractivity (Wildman–Crippen MR) is 94.4 cm³/mol. The van der Waals surface area contributed by atoms with E-state index in [2.05, 4.69) is 25.1 Å². The van der Waals surface area contributed by atoms with Gasteiger partial charge in [0.25, 0.3) is 0 Å². The van der Waals surface area contributed by atoms with Crippen molar-refractivity contribution in [1.29, 1.82) is 0 Å². The molecule has 128 valence electrons. The van der Waals surface area contributed by atoms with Gasteiger partial charge in [-0.2, -0.15) is 0 Å². The number of halogens is 1. The summed E-state index contributed by atoms with van der Waals surface area (Å²) in [6, 6.07) is 10.9. The van der Waals surface area contributed by atoms with Crippen molar-refractivity contribution in [1.82, 2.24) is 0 Å². The van der Waals surface area contributed by atoms with Crippen molar-refractivity contribution < 1.29 is 23.0 Å². The highest BCUT2D eigenvalue weighted by Crippen LogP contribution is 2.16. The Kier molecular flexibility index (Phi) is 4.65. The molecule has 0 N–H and O–H groups in total. The maximum atomic E-state index is 13.3. The summed E-state index contributed by atoms with van der Waals surface area (Å²) in [6.07, 6.45) is -0.181. The standard InChI is InChI=1S/C18H19B2FO4/c1-12-3-5-17-14(7-12)10-23-19(17)22-9-13(2)25-20-18-6-4-16(21)8-15(18)11-24-20/h3-8,13H,9-11H2,1-2H3. The molecule has 2 aliphatic heterocycles. The summed E-state index contributed by atoms with van der Waals surface area (Å²) in [4.78, 5) is 0. The maximum absolute atomic E-state index is 13.3. The van der Waals surface area contributed by atoms with Crippen molar-refractivity contribution in [3.63, 3.8) is 0 Å². The summed E-state index contributed by atoms with van der Waals surface area (Å²) < 4.78 is 36.4. The lowest BCUT2D eigenvalue weighted by atomic mass is 9.78. The molecule has 0 saturated heterocycles. The third-order valence-electron chi connectivity index (χ3n) is 4.53. The van der Waals surface area contributed by atoms with E-state index in [9.17, 15) is 4.39 Å². The van der Waals surface area contributed by atoms with Gasteiger partial charge >= 0.3 is 14.2 Å². The lowest BCUT2D eigenvalue weighted by Gasteiger charge is -2.18. The average Bonchev–Trinajstić information content (AvgIpc) is 3.16. The van der Waals surface area contributed by atoms with E-state index in [0.29, 0.717) is 19.8 Å². The lowest BCUT2D eigenvalue weighted by molar-refractivity contribution is 0.0959. The van der Waals surface area contributed by atoms with Crippen molar-refractivity contribution in [3.05, 3.63) is 58.9 Å². The quantitative estimate of drug-likeness (QED) is 0.777. The Balaban J connectivity index is 1.33. The van der Waals surface area contributed by atoms with Crippen LogP contribution in [-0.2, 0) is 31.8 Å². The van der Waals surface area contributed by atoms with Crippen molar-refractivity contribution >= 4 is 25.2 Å². The highest BCUT2D eigenvalue weighted by molar-refractivity contribution is 6.63. The molecule has 1 atom stereocenters. The van der Waals surface area contributed by atoms with Crippen LogP contribution < -0.4 is 10.9 Å². The zero-order valence-corrected chi connectivity index (χ0v) is 14.3. The van der Waals surface area contributed by atoms with Crippen LogP contribution in [0.15, 0.2) is 36.4 Å². The summed E-state index contributed by atoms with van der Waals surface area (Å²) in [5.74, 6) is -0.258. The predicted octanol–water partition coefficient (Wildman–Crippen LogP) is 1.71. The van der Waals surface area contributed by atoms with E-state index >= 15 is 0 Å². The second-order valence-corrected chi connectivity index (χ2v) is 6.61. The van der Waals surface area contributed by atoms with E-state index in [4.69, 9.17) is 18.6 Å². The number of rotatable bonds is 5. The van der Waals surface area contributed by atoms with Gasteiger partial charge in [-0.05, 0) is 48.0 Å². The van der Waals surface area contributed by atoms with Gasteiger partial charge < -0.3 is 18.6 Å². The molecule has 4 nitrogen and oxygen atoms in total. The van der Waals surface area contributed by atoms with Gasteiger partial charge in [0.05, 0.1) is 25.9 Å². The molecule has 2 aromatic rings. The van der Waals surface area contributed by atoms with Crippen molar-refractivity contribution in [3.8, 4) is 0 Å². The normalized spacial score (nSPS) is 16.9. The first-order valence-corrected chi connectivity index (χ1v) is 8.48. The van der Waals surface area contributed by atoms with Gasteiger partial charge in [-0.25, -0.2) is 4.39 Å². The van der Waals surface area contributed by atoms with E-state index in [1.54, 1.807) is 6.07 Å². The molecule has 2 aliphatic rings. The molecular weight excluding hydrogens is 321 g/mol. The van der Waals surface area contributed by atoms with Gasteiger partial charge in [0.2, 0.25) is 0 Å². The zero-order valence-electron chi connectivity index (χ0n) is 14.3. The highest BCUT2D eigenvalue weighted by Gasteiger charge is 2.34. The first-order valence-electron chi connectivity index (χ1n) is 8.48. The highest BCUT2D eigenvalue weighted by atomic mass is 19.1. The third kappa shape index (κ3) is 3.51. The van der Waals surface area contributed by atoms with Gasteiger partial charge in [0, 0.05) is 0 Å². The lowest BCUT2D eigenvalue weighted by Crippen LogP contribution is -2.39. The minimum absolute atomic E-state index is 0.181. The molecular formula is C18H19B2FO4. The van der Waals surface area contributed by atoms with E-state index in [0.717, 1.165) is 16.5 Å². The van der Waals surface area contributed by atoms with Crippen molar-refractivity contribution in [2.24, 2.45) is 0 Å². The topological polar surface area (TPSA) is 36.9 Å². The number of hydrogen-bond acceptors (Lipinski definition) is 4. The second-order valence-electron chi connectivity index (χ2n) is 6.61. The fourth-order valence-electron chi connectivity index (χ4n) is 3.25. The largest absolute Gasteiger partial charge is 0.494 e. The summed E-state index contributed by atoms with van der Waals surface area (Å²) in [7, 11) is -0.832. The SMILES string of the molecule is Cc1ccc2c(c1)COB2OCC(C)OB1OCc2cc(F)ccc21. The zero-order chi connectivity index (χ0) is 17.4. The van der Waals surface area contributed by atoms with Crippen LogP contribution >= 0.6 is 0 Å². The van der Waals surface area contributed by atoms with Crippen LogP contribution in [0.3, 0.4) is 0 Å². The molecule has 2 heterocycles. The number of benzene rings is 2. The van der Waals surface area contributed by atoms with E-state index < -0.39 is 7.12 Å². The molecule has 7 heteroatoms. The molecule has 0 spiro atoms. The summed E-state index contributed by atoms with van der Waals surface area (Å²) in [6.45, 7) is 5.31. The van der Waals surface area contributed by atoms with E-state index in [-0.39, 0.29) is 19.0 Å². The molecule has 25 heavy (non-hydrogen) atoms. The van der Waals surface area contributed by atoms with Gasteiger partial charge in [-0.3, -0.25) is 0 Å². The third-order valence-corrected chi connectivity index (χ3v) is 4.53. The Morgan fingerprint density at radius 3 is 2.56 bits per heavy atom. The van der Waals surface area contributed by atoms with Crippen LogP contribution in [0, 0.1) is 12.7 Å². The minimum Gasteiger partial charge on any atom is -0.405 e. The molecule has 0 aromatic heterocycles.